The Labute approximate surface area is 219 Å². The van der Waals surface area contributed by atoms with Gasteiger partial charge in [-0.2, -0.15) is 0 Å². The van der Waals surface area contributed by atoms with Crippen molar-refractivity contribution in [2.24, 2.45) is 5.41 Å². The molecule has 2 fully saturated rings. The number of β-amino-alcohol motifs (C(OH)–C–C–N with tert-alkyl or cyclic N) is 1. The van der Waals surface area contributed by atoms with E-state index in [1.165, 1.54) is 12.5 Å². The summed E-state index contributed by atoms with van der Waals surface area (Å²) in [5.41, 5.74) is 1.88. The second-order valence-electron chi connectivity index (χ2n) is 11.6. The Bertz CT molecular complexity index is 1090. The third kappa shape index (κ3) is 6.21. The lowest BCUT2D eigenvalue weighted by Gasteiger charge is -2.43. The molecule has 2 aromatic carbocycles. The van der Waals surface area contributed by atoms with Crippen LogP contribution in [0.15, 0.2) is 48.5 Å². The fourth-order valence-corrected chi connectivity index (χ4v) is 5.75. The predicted molar refractivity (Wildman–Crippen MR) is 143 cm³/mol. The highest BCUT2D eigenvalue weighted by Gasteiger charge is 2.46. The SMILES string of the molecule is C[C@H](NC(=O)[C@@H]1C[C@@H](O)CN1C(=O)[C@@H](N1CCCCC1)C(C)(C)C)c1ccc(-c2ccccc2F)cc1. The van der Waals surface area contributed by atoms with Crippen molar-refractivity contribution >= 4 is 11.8 Å². The van der Waals surface area contributed by atoms with Crippen molar-refractivity contribution in [1.82, 2.24) is 15.1 Å². The minimum Gasteiger partial charge on any atom is -0.391 e. The molecule has 4 rings (SSSR count). The number of piperidine rings is 1. The summed E-state index contributed by atoms with van der Waals surface area (Å²) in [4.78, 5) is 31.1. The summed E-state index contributed by atoms with van der Waals surface area (Å²) >= 11 is 0. The number of hydrogen-bond acceptors (Lipinski definition) is 4. The molecular weight excluding hydrogens is 469 g/mol. The van der Waals surface area contributed by atoms with Crippen molar-refractivity contribution in [2.45, 2.75) is 77.6 Å². The van der Waals surface area contributed by atoms with Gasteiger partial charge in [-0.3, -0.25) is 14.5 Å². The molecule has 0 bridgehead atoms. The number of halogens is 1. The van der Waals surface area contributed by atoms with Crippen LogP contribution < -0.4 is 5.32 Å². The van der Waals surface area contributed by atoms with E-state index in [1.807, 2.05) is 31.2 Å². The third-order valence-corrected chi connectivity index (χ3v) is 7.63. The van der Waals surface area contributed by atoms with E-state index in [9.17, 15) is 19.1 Å². The minimum atomic E-state index is -0.725. The number of amides is 2. The number of likely N-dealkylation sites (tertiary alicyclic amines) is 2. The average molecular weight is 510 g/mol. The van der Waals surface area contributed by atoms with E-state index in [0.717, 1.165) is 37.1 Å². The molecule has 2 aliphatic rings. The largest absolute Gasteiger partial charge is 0.391 e. The molecule has 2 heterocycles. The van der Waals surface area contributed by atoms with E-state index in [1.54, 1.807) is 23.1 Å². The lowest BCUT2D eigenvalue weighted by Crippen LogP contribution is -2.58. The Hall–Kier alpha value is -2.77. The second-order valence-corrected chi connectivity index (χ2v) is 11.6. The normalized spacial score (nSPS) is 22.5. The first-order chi connectivity index (χ1) is 17.6. The quantitative estimate of drug-likeness (QED) is 0.600. The smallest absolute Gasteiger partial charge is 0.243 e. The zero-order valence-corrected chi connectivity index (χ0v) is 22.4. The number of aliphatic hydroxyl groups is 1. The first-order valence-electron chi connectivity index (χ1n) is 13.4. The molecule has 6 nitrogen and oxygen atoms in total. The van der Waals surface area contributed by atoms with Crippen LogP contribution >= 0.6 is 0 Å². The van der Waals surface area contributed by atoms with E-state index >= 15 is 0 Å². The molecule has 2 aliphatic heterocycles. The first-order valence-corrected chi connectivity index (χ1v) is 13.4. The van der Waals surface area contributed by atoms with Crippen LogP contribution in [0.1, 0.15) is 65.0 Å². The molecule has 0 saturated carbocycles. The zero-order chi connectivity index (χ0) is 26.7. The maximum absolute atomic E-state index is 14.1. The number of carbonyl (C=O) groups excluding carboxylic acids is 2. The van der Waals surface area contributed by atoms with Crippen molar-refractivity contribution in [2.75, 3.05) is 19.6 Å². The van der Waals surface area contributed by atoms with Gasteiger partial charge in [-0.1, -0.05) is 69.7 Å². The minimum absolute atomic E-state index is 0.0759. The lowest BCUT2D eigenvalue weighted by molar-refractivity contribution is -0.147. The molecule has 0 aliphatic carbocycles. The summed E-state index contributed by atoms with van der Waals surface area (Å²) in [6, 6.07) is 12.7. The Balaban J connectivity index is 1.47. The number of hydrogen-bond donors (Lipinski definition) is 2. The van der Waals surface area contributed by atoms with Gasteiger partial charge in [0.05, 0.1) is 18.2 Å². The van der Waals surface area contributed by atoms with Crippen molar-refractivity contribution in [3.63, 3.8) is 0 Å². The van der Waals surface area contributed by atoms with Gasteiger partial charge in [0.2, 0.25) is 11.8 Å². The zero-order valence-electron chi connectivity index (χ0n) is 22.4. The van der Waals surface area contributed by atoms with Gasteiger partial charge in [-0.05, 0) is 55.5 Å². The van der Waals surface area contributed by atoms with Crippen LogP contribution in [0, 0.1) is 11.2 Å². The van der Waals surface area contributed by atoms with Crippen LogP contribution in [0.3, 0.4) is 0 Å². The number of aliphatic hydroxyl groups excluding tert-OH is 1. The Kier molecular flexibility index (Phi) is 8.34. The number of carbonyl (C=O) groups is 2. The van der Waals surface area contributed by atoms with Gasteiger partial charge < -0.3 is 15.3 Å². The van der Waals surface area contributed by atoms with Crippen molar-refractivity contribution < 1.29 is 19.1 Å². The molecular formula is C30H40FN3O3. The topological polar surface area (TPSA) is 72.9 Å². The Morgan fingerprint density at radius 2 is 1.68 bits per heavy atom. The van der Waals surface area contributed by atoms with E-state index in [4.69, 9.17) is 0 Å². The van der Waals surface area contributed by atoms with Crippen LogP contribution in [-0.4, -0.2) is 64.5 Å². The molecule has 0 aromatic heterocycles. The number of benzene rings is 2. The summed E-state index contributed by atoms with van der Waals surface area (Å²) in [6.45, 7) is 10.0. The number of rotatable bonds is 6. The molecule has 0 spiro atoms. The van der Waals surface area contributed by atoms with Gasteiger partial charge in [0, 0.05) is 18.5 Å². The van der Waals surface area contributed by atoms with Crippen LogP contribution in [-0.2, 0) is 9.59 Å². The highest BCUT2D eigenvalue weighted by molar-refractivity contribution is 5.91. The maximum atomic E-state index is 14.1. The molecule has 2 aromatic rings. The van der Waals surface area contributed by atoms with Crippen LogP contribution in [0.2, 0.25) is 0 Å². The summed E-state index contributed by atoms with van der Waals surface area (Å²) in [6.07, 6.45) is 2.82. The molecule has 0 unspecified atom stereocenters. The highest BCUT2D eigenvalue weighted by Crippen LogP contribution is 2.32. The summed E-state index contributed by atoms with van der Waals surface area (Å²) in [7, 11) is 0. The molecule has 2 saturated heterocycles. The fourth-order valence-electron chi connectivity index (χ4n) is 5.75. The first kappa shape index (κ1) is 27.3. The summed E-state index contributed by atoms with van der Waals surface area (Å²) < 4.78 is 14.1. The number of nitrogens with one attached hydrogen (secondary N) is 1. The van der Waals surface area contributed by atoms with E-state index in [-0.39, 0.29) is 48.1 Å². The molecule has 7 heteroatoms. The van der Waals surface area contributed by atoms with E-state index < -0.39 is 12.1 Å². The third-order valence-electron chi connectivity index (χ3n) is 7.63. The molecule has 2 N–H and O–H groups in total. The standard InChI is InChI=1S/C30H40FN3O3/c1-20(21-12-14-22(15-13-21)24-10-6-7-11-25(24)31)32-28(36)26-18-23(35)19-34(26)29(37)27(30(2,3)4)33-16-8-5-9-17-33/h6-7,10-15,20,23,26-27,35H,5,8-9,16-19H2,1-4H3,(H,32,36)/t20-,23+,26-,27+/m0/s1. The molecule has 0 radical (unpaired) electrons. The molecule has 4 atom stereocenters. The van der Waals surface area contributed by atoms with Gasteiger partial charge in [0.15, 0.2) is 0 Å². The average Bonchev–Trinajstić information content (AvgIpc) is 3.26. The highest BCUT2D eigenvalue weighted by atomic mass is 19.1. The molecule has 2 amide bonds. The molecule has 200 valence electrons. The van der Waals surface area contributed by atoms with Crippen molar-refractivity contribution in [1.29, 1.82) is 0 Å². The van der Waals surface area contributed by atoms with Crippen molar-refractivity contribution in [3.8, 4) is 11.1 Å². The van der Waals surface area contributed by atoms with Gasteiger partial charge in [-0.25, -0.2) is 4.39 Å². The van der Waals surface area contributed by atoms with E-state index in [0.29, 0.717) is 5.56 Å². The molecule has 37 heavy (non-hydrogen) atoms. The second kappa shape index (κ2) is 11.3. The van der Waals surface area contributed by atoms with Crippen LogP contribution in [0.25, 0.3) is 11.1 Å². The van der Waals surface area contributed by atoms with E-state index in [2.05, 4.69) is 31.0 Å². The predicted octanol–water partition coefficient (Wildman–Crippen LogP) is 4.53. The monoisotopic (exact) mass is 509 g/mol. The van der Waals surface area contributed by atoms with Crippen LogP contribution in [0.4, 0.5) is 4.39 Å². The Morgan fingerprint density at radius 3 is 2.30 bits per heavy atom. The maximum Gasteiger partial charge on any atom is 0.243 e. The van der Waals surface area contributed by atoms with Crippen molar-refractivity contribution in [3.05, 3.63) is 59.9 Å². The van der Waals surface area contributed by atoms with Crippen LogP contribution in [0.5, 0.6) is 0 Å². The number of nitrogens with zero attached hydrogens (tertiary/aromatic N) is 2. The summed E-state index contributed by atoms with van der Waals surface area (Å²) in [5.74, 6) is -0.617. The fraction of sp³-hybridized carbons (Fsp3) is 0.533. The van der Waals surface area contributed by atoms with Gasteiger partial charge in [0.1, 0.15) is 11.9 Å². The summed E-state index contributed by atoms with van der Waals surface area (Å²) in [5, 5.41) is 13.5. The van der Waals surface area contributed by atoms with Gasteiger partial charge >= 0.3 is 0 Å². The Morgan fingerprint density at radius 1 is 1.03 bits per heavy atom. The lowest BCUT2D eigenvalue weighted by atomic mass is 9.83. The van der Waals surface area contributed by atoms with Gasteiger partial charge in [-0.15, -0.1) is 0 Å². The van der Waals surface area contributed by atoms with Gasteiger partial charge in [0.25, 0.3) is 0 Å².